The molecule has 0 aliphatic heterocycles. The fourth-order valence-corrected chi connectivity index (χ4v) is 2.03. The summed E-state index contributed by atoms with van der Waals surface area (Å²) >= 11 is 0. The molecule has 1 atom stereocenters. The summed E-state index contributed by atoms with van der Waals surface area (Å²) in [5.74, 6) is -3.44. The number of alkyl carbamates (subject to hydrolysis) is 1. The minimum atomic E-state index is -3.28. The number of para-hydroxylation sites is 1. The zero-order valence-corrected chi connectivity index (χ0v) is 15.4. The van der Waals surface area contributed by atoms with E-state index < -0.39 is 49.2 Å². The van der Waals surface area contributed by atoms with Crippen LogP contribution in [0.3, 0.4) is 0 Å². The summed E-state index contributed by atoms with van der Waals surface area (Å²) in [5.41, 5.74) is 2.35. The zero-order chi connectivity index (χ0) is 22.0. The van der Waals surface area contributed by atoms with E-state index in [1.54, 1.807) is 0 Å². The van der Waals surface area contributed by atoms with Crippen LogP contribution in [0.15, 0.2) is 24.3 Å². The third-order valence-electron chi connectivity index (χ3n) is 3.56. The van der Waals surface area contributed by atoms with Crippen molar-refractivity contribution in [1.82, 2.24) is 5.32 Å². The first-order valence-electron chi connectivity index (χ1n) is 8.23. The quantitative estimate of drug-likeness (QED) is 0.221. The molecule has 0 radical (unpaired) electrons. The lowest BCUT2D eigenvalue weighted by Gasteiger charge is -2.23. The molecular weight excluding hydrogens is 398 g/mol. The van der Waals surface area contributed by atoms with Crippen molar-refractivity contribution in [2.24, 2.45) is 5.73 Å². The Balaban J connectivity index is 2.39. The Morgan fingerprint density at radius 2 is 1.86 bits per heavy atom. The number of esters is 2. The van der Waals surface area contributed by atoms with E-state index in [0.29, 0.717) is 0 Å². The van der Waals surface area contributed by atoms with Crippen molar-refractivity contribution < 1.29 is 47.3 Å². The van der Waals surface area contributed by atoms with Gasteiger partial charge in [-0.3, -0.25) is 4.79 Å². The molecule has 160 valence electrons. The molecule has 0 spiro atoms. The molecule has 0 aromatic heterocycles. The average molecular weight is 418 g/mol. The van der Waals surface area contributed by atoms with E-state index in [2.05, 4.69) is 10.1 Å². The van der Waals surface area contributed by atoms with Crippen molar-refractivity contribution in [3.63, 3.8) is 0 Å². The predicted molar refractivity (Wildman–Crippen MR) is 92.3 cm³/mol. The van der Waals surface area contributed by atoms with Crippen molar-refractivity contribution in [1.29, 1.82) is 0 Å². The number of nitrogens with one attached hydrogen (secondary N) is 1. The number of nitrogens with two attached hydrogens (primary N) is 1. The topological polar surface area (TPSA) is 154 Å². The second-order valence-electron chi connectivity index (χ2n) is 5.75. The number of carboxylic acids is 1. The molecule has 0 fully saturated rings. The fraction of sp³-hybridized carbons (Fsp3) is 0.412. The summed E-state index contributed by atoms with van der Waals surface area (Å²) in [4.78, 5) is 45.3. The molecule has 0 aliphatic carbocycles. The highest BCUT2D eigenvalue weighted by Crippen LogP contribution is 2.20. The van der Waals surface area contributed by atoms with Gasteiger partial charge in [0.05, 0.1) is 0 Å². The van der Waals surface area contributed by atoms with Crippen LogP contribution in [0.1, 0.15) is 30.1 Å². The lowest BCUT2D eigenvalue weighted by atomic mass is 9.95. The second kappa shape index (κ2) is 10.9. The summed E-state index contributed by atoms with van der Waals surface area (Å²) in [5, 5.41) is 10.9. The van der Waals surface area contributed by atoms with Crippen molar-refractivity contribution in [3.8, 4) is 5.75 Å². The van der Waals surface area contributed by atoms with E-state index in [1.807, 2.05) is 0 Å². The molecule has 4 N–H and O–H groups in total. The van der Waals surface area contributed by atoms with Crippen molar-refractivity contribution >= 4 is 24.0 Å². The highest BCUT2D eigenvalue weighted by Gasteiger charge is 2.43. The van der Waals surface area contributed by atoms with Gasteiger partial charge in [0.1, 0.15) is 11.3 Å². The Hall–Kier alpha value is -3.28. The molecule has 12 heteroatoms. The minimum absolute atomic E-state index is 0.0304. The first-order chi connectivity index (χ1) is 13.6. The molecule has 0 heterocycles. The maximum atomic E-state index is 12.7. The number of aliphatic carboxylic acids is 1. The molecule has 0 saturated heterocycles. The van der Waals surface area contributed by atoms with Crippen LogP contribution in [0.25, 0.3) is 0 Å². The van der Waals surface area contributed by atoms with Crippen LogP contribution in [0.2, 0.25) is 0 Å². The lowest BCUT2D eigenvalue weighted by molar-refractivity contribution is -0.150. The van der Waals surface area contributed by atoms with Crippen LogP contribution in [-0.2, 0) is 19.1 Å². The van der Waals surface area contributed by atoms with Crippen LogP contribution in [0.5, 0.6) is 5.75 Å². The SMILES string of the molecule is CC(=O)Oc1ccccc1C(=O)OCOC(=O)NCCCC(N)(C(=O)O)C(F)F. The number of benzene rings is 1. The van der Waals surface area contributed by atoms with Crippen LogP contribution in [0, 0.1) is 0 Å². The Morgan fingerprint density at radius 1 is 1.21 bits per heavy atom. The highest BCUT2D eigenvalue weighted by molar-refractivity contribution is 5.93. The van der Waals surface area contributed by atoms with E-state index in [-0.39, 0.29) is 24.3 Å². The molecule has 1 unspecified atom stereocenters. The number of carboxylic acid groups (broad SMARTS) is 1. The maximum Gasteiger partial charge on any atom is 0.410 e. The van der Waals surface area contributed by atoms with E-state index in [0.717, 1.165) is 6.92 Å². The van der Waals surface area contributed by atoms with Gasteiger partial charge in [-0.2, -0.15) is 0 Å². The average Bonchev–Trinajstić information content (AvgIpc) is 2.64. The van der Waals surface area contributed by atoms with Crippen molar-refractivity contribution in [2.75, 3.05) is 13.3 Å². The Bertz CT molecular complexity index is 759. The molecular formula is C17H20F2N2O8. The van der Waals surface area contributed by atoms with Gasteiger partial charge < -0.3 is 30.4 Å². The number of carbonyl (C=O) groups excluding carboxylic acids is 3. The maximum absolute atomic E-state index is 12.7. The smallest absolute Gasteiger partial charge is 0.410 e. The van der Waals surface area contributed by atoms with E-state index in [4.69, 9.17) is 20.3 Å². The van der Waals surface area contributed by atoms with Gasteiger partial charge in [0.25, 0.3) is 6.43 Å². The minimum Gasteiger partial charge on any atom is -0.480 e. The van der Waals surface area contributed by atoms with E-state index >= 15 is 0 Å². The number of hydrogen-bond acceptors (Lipinski definition) is 8. The van der Waals surface area contributed by atoms with Crippen LogP contribution in [0.4, 0.5) is 13.6 Å². The number of amides is 1. The fourth-order valence-electron chi connectivity index (χ4n) is 2.03. The second-order valence-corrected chi connectivity index (χ2v) is 5.75. The summed E-state index contributed by atoms with van der Waals surface area (Å²) in [7, 11) is 0. The monoisotopic (exact) mass is 418 g/mol. The number of carbonyl (C=O) groups is 4. The molecule has 0 saturated carbocycles. The van der Waals surface area contributed by atoms with Crippen LogP contribution < -0.4 is 15.8 Å². The number of rotatable bonds is 10. The molecule has 29 heavy (non-hydrogen) atoms. The van der Waals surface area contributed by atoms with Gasteiger partial charge in [-0.05, 0) is 25.0 Å². The van der Waals surface area contributed by atoms with Gasteiger partial charge in [-0.25, -0.2) is 23.2 Å². The molecule has 1 aromatic rings. The van der Waals surface area contributed by atoms with Crippen molar-refractivity contribution in [2.45, 2.75) is 31.7 Å². The summed E-state index contributed by atoms with van der Waals surface area (Å²) in [6.45, 7) is 0.190. The Kier molecular flexibility index (Phi) is 8.93. The number of ether oxygens (including phenoxy) is 3. The first-order valence-corrected chi connectivity index (χ1v) is 8.23. The third-order valence-corrected chi connectivity index (χ3v) is 3.56. The summed E-state index contributed by atoms with van der Waals surface area (Å²) in [6, 6.07) is 5.75. The lowest BCUT2D eigenvalue weighted by Crippen LogP contribution is -2.54. The molecule has 1 aromatic carbocycles. The number of alkyl halides is 2. The standard InChI is InChI=1S/C17H20F2N2O8/c1-10(22)29-12-6-3-2-5-11(12)13(23)27-9-28-16(26)21-8-4-7-17(20,14(18)19)15(24)25/h2-3,5-6,14H,4,7-9,20H2,1H3,(H,21,26)(H,24,25). The van der Waals surface area contributed by atoms with Gasteiger partial charge in [0.2, 0.25) is 6.79 Å². The normalized spacial score (nSPS) is 12.6. The van der Waals surface area contributed by atoms with Gasteiger partial charge in [-0.15, -0.1) is 0 Å². The van der Waals surface area contributed by atoms with Gasteiger partial charge in [0, 0.05) is 13.5 Å². The molecule has 0 bridgehead atoms. The molecule has 10 nitrogen and oxygen atoms in total. The van der Waals surface area contributed by atoms with Crippen molar-refractivity contribution in [3.05, 3.63) is 29.8 Å². The number of hydrogen-bond donors (Lipinski definition) is 3. The van der Waals surface area contributed by atoms with Crippen LogP contribution in [-0.4, -0.2) is 54.4 Å². The van der Waals surface area contributed by atoms with Gasteiger partial charge in [0.15, 0.2) is 5.54 Å². The largest absolute Gasteiger partial charge is 0.480 e. The predicted octanol–water partition coefficient (Wildman–Crippen LogP) is 1.28. The van der Waals surface area contributed by atoms with Gasteiger partial charge in [-0.1, -0.05) is 12.1 Å². The molecule has 1 amide bonds. The van der Waals surface area contributed by atoms with Crippen LogP contribution >= 0.6 is 0 Å². The number of halogens is 2. The van der Waals surface area contributed by atoms with E-state index in [9.17, 15) is 28.0 Å². The highest BCUT2D eigenvalue weighted by atomic mass is 19.3. The third kappa shape index (κ3) is 7.33. The summed E-state index contributed by atoms with van der Waals surface area (Å²) < 4.78 is 39.6. The Labute approximate surface area is 163 Å². The Morgan fingerprint density at radius 3 is 2.45 bits per heavy atom. The molecule has 0 aliphatic rings. The first kappa shape index (κ1) is 23.8. The summed E-state index contributed by atoms with van der Waals surface area (Å²) in [6.07, 6.45) is -5.04. The zero-order valence-electron chi connectivity index (χ0n) is 15.4. The van der Waals surface area contributed by atoms with E-state index in [1.165, 1.54) is 24.3 Å². The van der Waals surface area contributed by atoms with Gasteiger partial charge >= 0.3 is 24.0 Å². The molecule has 1 rings (SSSR count).